The van der Waals surface area contributed by atoms with E-state index in [0.717, 1.165) is 31.4 Å². The average Bonchev–Trinajstić information content (AvgIpc) is 2.58. The average molecular weight is 329 g/mol. The van der Waals surface area contributed by atoms with E-state index < -0.39 is 0 Å². The van der Waals surface area contributed by atoms with Crippen LogP contribution in [0.1, 0.15) is 37.2 Å². The molecule has 0 aromatic heterocycles. The molecule has 3 nitrogen and oxygen atoms in total. The van der Waals surface area contributed by atoms with Gasteiger partial charge < -0.3 is 10.6 Å². The van der Waals surface area contributed by atoms with E-state index in [9.17, 15) is 4.79 Å². The Morgan fingerprint density at radius 1 is 0.913 bits per heavy atom. The maximum atomic E-state index is 12.1. The fourth-order valence-electron chi connectivity index (χ4n) is 3.18. The SMILES string of the molecule is O=C(Nc1ccc(Cl)cc1)NC1CCC(c2ccccc2)CC1. The summed E-state index contributed by atoms with van der Waals surface area (Å²) in [6.07, 6.45) is 4.28. The highest BCUT2D eigenvalue weighted by Crippen LogP contribution is 2.32. The van der Waals surface area contributed by atoms with Gasteiger partial charge in [-0.2, -0.15) is 0 Å². The van der Waals surface area contributed by atoms with E-state index in [0.29, 0.717) is 10.9 Å². The quantitative estimate of drug-likeness (QED) is 0.800. The molecule has 1 aliphatic rings. The predicted molar refractivity (Wildman–Crippen MR) is 95.0 cm³/mol. The second-order valence-electron chi connectivity index (χ2n) is 6.06. The molecule has 0 heterocycles. The number of rotatable bonds is 3. The van der Waals surface area contributed by atoms with E-state index in [1.807, 2.05) is 0 Å². The topological polar surface area (TPSA) is 41.1 Å². The van der Waals surface area contributed by atoms with Gasteiger partial charge in [-0.1, -0.05) is 41.9 Å². The van der Waals surface area contributed by atoms with Crippen LogP contribution in [-0.4, -0.2) is 12.1 Å². The van der Waals surface area contributed by atoms with Crippen molar-refractivity contribution in [1.82, 2.24) is 5.32 Å². The molecule has 0 aliphatic heterocycles. The van der Waals surface area contributed by atoms with Crippen molar-refractivity contribution in [1.29, 1.82) is 0 Å². The molecule has 0 saturated heterocycles. The lowest BCUT2D eigenvalue weighted by atomic mass is 9.82. The van der Waals surface area contributed by atoms with Crippen molar-refractivity contribution in [2.75, 3.05) is 5.32 Å². The molecule has 0 spiro atoms. The van der Waals surface area contributed by atoms with Crippen molar-refractivity contribution in [2.24, 2.45) is 0 Å². The molecule has 0 radical (unpaired) electrons. The third-order valence-corrected chi connectivity index (χ3v) is 4.69. The molecule has 0 atom stereocenters. The van der Waals surface area contributed by atoms with Crippen LogP contribution in [0.25, 0.3) is 0 Å². The first-order valence-corrected chi connectivity index (χ1v) is 8.46. The Bertz CT molecular complexity index is 634. The van der Waals surface area contributed by atoms with Gasteiger partial charge in [0.05, 0.1) is 0 Å². The van der Waals surface area contributed by atoms with Crippen LogP contribution >= 0.6 is 11.6 Å². The molecule has 1 aliphatic carbocycles. The Labute approximate surface area is 142 Å². The van der Waals surface area contributed by atoms with Crippen molar-refractivity contribution in [3.05, 3.63) is 65.2 Å². The van der Waals surface area contributed by atoms with Gasteiger partial charge in [-0.15, -0.1) is 0 Å². The summed E-state index contributed by atoms with van der Waals surface area (Å²) in [6.45, 7) is 0. The van der Waals surface area contributed by atoms with Gasteiger partial charge in [-0.05, 0) is 61.4 Å². The van der Waals surface area contributed by atoms with Gasteiger partial charge in [0.15, 0.2) is 0 Å². The Morgan fingerprint density at radius 3 is 2.22 bits per heavy atom. The maximum absolute atomic E-state index is 12.1. The number of carbonyl (C=O) groups is 1. The van der Waals surface area contributed by atoms with Crippen LogP contribution < -0.4 is 10.6 Å². The maximum Gasteiger partial charge on any atom is 0.319 e. The fourth-order valence-corrected chi connectivity index (χ4v) is 3.31. The van der Waals surface area contributed by atoms with E-state index in [4.69, 9.17) is 11.6 Å². The number of nitrogens with one attached hydrogen (secondary N) is 2. The molecule has 2 aromatic rings. The fraction of sp³-hybridized carbons (Fsp3) is 0.316. The Kier molecular flexibility index (Phi) is 5.19. The molecule has 4 heteroatoms. The van der Waals surface area contributed by atoms with E-state index in [1.165, 1.54) is 5.56 Å². The Balaban J connectivity index is 1.47. The number of halogens is 1. The van der Waals surface area contributed by atoms with Crippen molar-refractivity contribution < 1.29 is 4.79 Å². The minimum Gasteiger partial charge on any atom is -0.335 e. The van der Waals surface area contributed by atoms with Crippen LogP contribution in [0.4, 0.5) is 10.5 Å². The van der Waals surface area contributed by atoms with Crippen molar-refractivity contribution in [2.45, 2.75) is 37.6 Å². The molecule has 2 N–H and O–H groups in total. The molecule has 2 amide bonds. The molecule has 2 aromatic carbocycles. The van der Waals surface area contributed by atoms with Crippen LogP contribution in [0.2, 0.25) is 5.02 Å². The Morgan fingerprint density at radius 2 is 1.57 bits per heavy atom. The first kappa shape index (κ1) is 15.9. The molecule has 23 heavy (non-hydrogen) atoms. The summed E-state index contributed by atoms with van der Waals surface area (Å²) in [5, 5.41) is 6.58. The molecular weight excluding hydrogens is 308 g/mol. The van der Waals surface area contributed by atoms with Crippen LogP contribution in [0.3, 0.4) is 0 Å². The zero-order valence-electron chi connectivity index (χ0n) is 13.0. The number of benzene rings is 2. The predicted octanol–water partition coefficient (Wildman–Crippen LogP) is 5.19. The molecule has 120 valence electrons. The van der Waals surface area contributed by atoms with Crippen LogP contribution in [0.15, 0.2) is 54.6 Å². The van der Waals surface area contributed by atoms with E-state index in [1.54, 1.807) is 24.3 Å². The van der Waals surface area contributed by atoms with E-state index in [-0.39, 0.29) is 12.1 Å². The molecular formula is C19H21ClN2O. The Hall–Kier alpha value is -2.00. The first-order chi connectivity index (χ1) is 11.2. The third kappa shape index (κ3) is 4.49. The second kappa shape index (κ2) is 7.51. The van der Waals surface area contributed by atoms with Crippen LogP contribution in [0.5, 0.6) is 0 Å². The molecule has 1 saturated carbocycles. The molecule has 3 rings (SSSR count). The van der Waals surface area contributed by atoms with Gasteiger partial charge >= 0.3 is 6.03 Å². The highest BCUT2D eigenvalue weighted by molar-refractivity contribution is 6.30. The number of anilines is 1. The number of hydrogen-bond acceptors (Lipinski definition) is 1. The highest BCUT2D eigenvalue weighted by Gasteiger charge is 2.23. The lowest BCUT2D eigenvalue weighted by Gasteiger charge is -2.29. The minimum atomic E-state index is -0.143. The van der Waals surface area contributed by atoms with Crippen LogP contribution in [-0.2, 0) is 0 Å². The monoisotopic (exact) mass is 328 g/mol. The van der Waals surface area contributed by atoms with Gasteiger partial charge in [-0.3, -0.25) is 0 Å². The summed E-state index contributed by atoms with van der Waals surface area (Å²) >= 11 is 5.84. The first-order valence-electron chi connectivity index (χ1n) is 8.09. The number of carbonyl (C=O) groups excluding carboxylic acids is 1. The second-order valence-corrected chi connectivity index (χ2v) is 6.50. The molecule has 0 unspecified atom stereocenters. The summed E-state index contributed by atoms with van der Waals surface area (Å²) in [7, 11) is 0. The largest absolute Gasteiger partial charge is 0.335 e. The van der Waals surface area contributed by atoms with Crippen molar-refractivity contribution in [3.63, 3.8) is 0 Å². The normalized spacial score (nSPS) is 20.7. The third-order valence-electron chi connectivity index (χ3n) is 4.44. The number of hydrogen-bond donors (Lipinski definition) is 2. The van der Waals surface area contributed by atoms with Gasteiger partial charge in [-0.25, -0.2) is 4.79 Å². The number of urea groups is 1. The number of amides is 2. The van der Waals surface area contributed by atoms with Gasteiger partial charge in [0.25, 0.3) is 0 Å². The minimum absolute atomic E-state index is 0.143. The zero-order chi connectivity index (χ0) is 16.1. The van der Waals surface area contributed by atoms with Gasteiger partial charge in [0, 0.05) is 16.8 Å². The lowest BCUT2D eigenvalue weighted by Crippen LogP contribution is -2.39. The summed E-state index contributed by atoms with van der Waals surface area (Å²) in [5.74, 6) is 0.619. The van der Waals surface area contributed by atoms with Crippen molar-refractivity contribution >= 4 is 23.3 Å². The summed E-state index contributed by atoms with van der Waals surface area (Å²) in [5.41, 5.74) is 2.17. The lowest BCUT2D eigenvalue weighted by molar-refractivity contribution is 0.242. The summed E-state index contributed by atoms with van der Waals surface area (Å²) < 4.78 is 0. The van der Waals surface area contributed by atoms with E-state index in [2.05, 4.69) is 41.0 Å². The van der Waals surface area contributed by atoms with Gasteiger partial charge in [0.2, 0.25) is 0 Å². The summed E-state index contributed by atoms with van der Waals surface area (Å²) in [6, 6.07) is 17.9. The highest BCUT2D eigenvalue weighted by atomic mass is 35.5. The van der Waals surface area contributed by atoms with Gasteiger partial charge in [0.1, 0.15) is 0 Å². The molecule has 1 fully saturated rings. The van der Waals surface area contributed by atoms with Crippen LogP contribution in [0, 0.1) is 0 Å². The summed E-state index contributed by atoms with van der Waals surface area (Å²) in [4.78, 5) is 12.1. The zero-order valence-corrected chi connectivity index (χ0v) is 13.7. The smallest absolute Gasteiger partial charge is 0.319 e. The van der Waals surface area contributed by atoms with E-state index >= 15 is 0 Å². The molecule has 0 bridgehead atoms. The standard InChI is InChI=1S/C19H21ClN2O/c20-16-8-12-18(13-9-16)22-19(23)21-17-10-6-15(7-11-17)14-4-2-1-3-5-14/h1-5,8-9,12-13,15,17H,6-7,10-11H2,(H2,21,22,23). The van der Waals surface area contributed by atoms with Crippen molar-refractivity contribution in [3.8, 4) is 0 Å².